The lowest BCUT2D eigenvalue weighted by molar-refractivity contribution is -0.119. The van der Waals surface area contributed by atoms with Crippen molar-refractivity contribution in [3.8, 4) is 0 Å². The van der Waals surface area contributed by atoms with Crippen LogP contribution < -0.4 is 11.1 Å². The number of β-amino-alcohol motifs (C(OH)–C–C–N with tert-alkyl or cyclic N) is 1. The van der Waals surface area contributed by atoms with Gasteiger partial charge in [0.2, 0.25) is 5.91 Å². The Bertz CT molecular complexity index is 270. The van der Waals surface area contributed by atoms with Gasteiger partial charge < -0.3 is 20.9 Å². The average Bonchev–Trinajstić information content (AvgIpc) is 2.38. The van der Waals surface area contributed by atoms with Crippen molar-refractivity contribution in [1.29, 1.82) is 0 Å². The van der Waals surface area contributed by atoms with Gasteiger partial charge >= 0.3 is 0 Å². The maximum Gasteiger partial charge on any atom is 0.219 e. The molecule has 0 saturated heterocycles. The molecule has 0 heterocycles. The van der Waals surface area contributed by atoms with Gasteiger partial charge in [-0.25, -0.2) is 0 Å². The van der Waals surface area contributed by atoms with Crippen LogP contribution in [-0.2, 0) is 9.53 Å². The molecular formula is C16H34N2O3. The van der Waals surface area contributed by atoms with E-state index >= 15 is 0 Å². The van der Waals surface area contributed by atoms with Gasteiger partial charge in [-0.1, -0.05) is 39.0 Å². The lowest BCUT2D eigenvalue weighted by atomic mass is 10.0. The molecule has 4 N–H and O–H groups in total. The highest BCUT2D eigenvalue weighted by Gasteiger charge is 2.20. The van der Waals surface area contributed by atoms with Gasteiger partial charge in [-0.05, 0) is 20.3 Å². The summed E-state index contributed by atoms with van der Waals surface area (Å²) in [5, 5.41) is 13.0. The maximum atomic E-state index is 10.9. The van der Waals surface area contributed by atoms with E-state index in [1.807, 2.05) is 13.8 Å². The van der Waals surface area contributed by atoms with E-state index in [0.29, 0.717) is 19.8 Å². The molecule has 0 rings (SSSR count). The molecule has 1 amide bonds. The van der Waals surface area contributed by atoms with Crippen LogP contribution in [0.3, 0.4) is 0 Å². The third-order valence-corrected chi connectivity index (χ3v) is 3.38. The van der Waals surface area contributed by atoms with E-state index in [4.69, 9.17) is 10.5 Å². The lowest BCUT2D eigenvalue weighted by Gasteiger charge is -2.26. The Morgan fingerprint density at radius 2 is 1.86 bits per heavy atom. The Morgan fingerprint density at radius 1 is 1.24 bits per heavy atom. The predicted octanol–water partition coefficient (Wildman–Crippen LogP) is 1.97. The number of carbonyl (C=O) groups excluding carboxylic acids is 1. The molecule has 0 aliphatic rings. The van der Waals surface area contributed by atoms with Gasteiger partial charge in [0.25, 0.3) is 0 Å². The highest BCUT2D eigenvalue weighted by molar-refractivity contribution is 5.74. The number of aliphatic hydroxyl groups is 1. The fourth-order valence-electron chi connectivity index (χ4n) is 2.15. The van der Waals surface area contributed by atoms with Crippen LogP contribution in [0.5, 0.6) is 0 Å². The summed E-state index contributed by atoms with van der Waals surface area (Å²) < 4.78 is 5.47. The predicted molar refractivity (Wildman–Crippen MR) is 86.1 cm³/mol. The first-order valence-corrected chi connectivity index (χ1v) is 8.16. The zero-order valence-electron chi connectivity index (χ0n) is 14.0. The number of ether oxygens (including phenoxy) is 1. The highest BCUT2D eigenvalue weighted by Crippen LogP contribution is 2.07. The first-order valence-electron chi connectivity index (χ1n) is 8.16. The van der Waals surface area contributed by atoms with E-state index in [2.05, 4.69) is 12.2 Å². The van der Waals surface area contributed by atoms with Crippen molar-refractivity contribution in [2.75, 3.05) is 19.8 Å². The number of nitrogens with one attached hydrogen (secondary N) is 1. The molecule has 0 aliphatic carbocycles. The number of hydrogen-bond acceptors (Lipinski definition) is 4. The Kier molecular flexibility index (Phi) is 11.6. The fraction of sp³-hybridized carbons (Fsp3) is 0.938. The zero-order chi connectivity index (χ0) is 16.1. The molecule has 0 saturated carbocycles. The van der Waals surface area contributed by atoms with E-state index in [1.165, 1.54) is 32.1 Å². The number of rotatable bonds is 14. The summed E-state index contributed by atoms with van der Waals surface area (Å²) in [6, 6.07) is 0. The monoisotopic (exact) mass is 302 g/mol. The highest BCUT2D eigenvalue weighted by atomic mass is 16.5. The molecule has 0 aromatic carbocycles. The number of unbranched alkanes of at least 4 members (excludes halogenated alkanes) is 5. The first-order chi connectivity index (χ1) is 9.87. The molecule has 126 valence electrons. The van der Waals surface area contributed by atoms with Gasteiger partial charge in [0.15, 0.2) is 0 Å². The van der Waals surface area contributed by atoms with E-state index in [9.17, 15) is 9.90 Å². The Morgan fingerprint density at radius 3 is 2.48 bits per heavy atom. The van der Waals surface area contributed by atoms with Gasteiger partial charge in [-0.15, -0.1) is 0 Å². The number of primary amides is 1. The van der Waals surface area contributed by atoms with E-state index < -0.39 is 11.6 Å². The van der Waals surface area contributed by atoms with Crippen molar-refractivity contribution >= 4 is 5.91 Å². The second-order valence-electron chi connectivity index (χ2n) is 6.40. The molecule has 0 radical (unpaired) electrons. The fourth-order valence-corrected chi connectivity index (χ4v) is 2.15. The van der Waals surface area contributed by atoms with Gasteiger partial charge in [0.1, 0.15) is 0 Å². The van der Waals surface area contributed by atoms with Crippen LogP contribution in [0.25, 0.3) is 0 Å². The number of hydrogen-bond donors (Lipinski definition) is 3. The molecule has 21 heavy (non-hydrogen) atoms. The van der Waals surface area contributed by atoms with Gasteiger partial charge in [0, 0.05) is 25.1 Å². The van der Waals surface area contributed by atoms with Crippen LogP contribution in [0, 0.1) is 0 Å². The topological polar surface area (TPSA) is 84.6 Å². The largest absolute Gasteiger partial charge is 0.389 e. The van der Waals surface area contributed by atoms with Crippen molar-refractivity contribution in [2.45, 2.75) is 77.4 Å². The number of aliphatic hydroxyl groups excluding tert-OH is 1. The molecule has 0 aromatic rings. The summed E-state index contributed by atoms with van der Waals surface area (Å²) in [5.74, 6) is -0.346. The van der Waals surface area contributed by atoms with E-state index in [0.717, 1.165) is 6.42 Å². The molecule has 5 nitrogen and oxygen atoms in total. The van der Waals surface area contributed by atoms with Crippen molar-refractivity contribution in [2.24, 2.45) is 5.73 Å². The molecule has 0 bridgehead atoms. The minimum atomic E-state index is -0.558. The molecule has 1 unspecified atom stereocenters. The standard InChI is InChI=1S/C16H34N2O3/c1-4-5-6-7-8-9-10-21-13-14(19)12-18-16(2,3)11-15(17)20/h14,18-19H,4-13H2,1-3H3,(H2,17,20). The van der Waals surface area contributed by atoms with Crippen molar-refractivity contribution in [3.05, 3.63) is 0 Å². The Hall–Kier alpha value is -0.650. The third kappa shape index (κ3) is 14.1. The molecule has 0 aliphatic heterocycles. The normalized spacial score (nSPS) is 13.3. The third-order valence-electron chi connectivity index (χ3n) is 3.38. The molecular weight excluding hydrogens is 268 g/mol. The smallest absolute Gasteiger partial charge is 0.219 e. The summed E-state index contributed by atoms with van der Waals surface area (Å²) in [7, 11) is 0. The lowest BCUT2D eigenvalue weighted by Crippen LogP contribution is -2.46. The van der Waals surface area contributed by atoms with Crippen LogP contribution in [0.4, 0.5) is 0 Å². The summed E-state index contributed by atoms with van der Waals surface area (Å²) in [6.45, 7) is 7.42. The number of amides is 1. The SMILES string of the molecule is CCCCCCCCOCC(O)CNC(C)(C)CC(N)=O. The first kappa shape index (κ1) is 20.3. The average molecular weight is 302 g/mol. The van der Waals surface area contributed by atoms with Crippen molar-refractivity contribution in [1.82, 2.24) is 5.32 Å². The molecule has 5 heteroatoms. The Labute approximate surface area is 129 Å². The Balaban J connectivity index is 3.50. The summed E-state index contributed by atoms with van der Waals surface area (Å²) in [6.07, 6.45) is 7.08. The van der Waals surface area contributed by atoms with Crippen molar-refractivity contribution < 1.29 is 14.6 Å². The maximum absolute atomic E-state index is 10.9. The molecule has 0 spiro atoms. The van der Waals surface area contributed by atoms with Gasteiger partial charge in [-0.3, -0.25) is 4.79 Å². The summed E-state index contributed by atoms with van der Waals surface area (Å²) in [4.78, 5) is 10.9. The molecule has 1 atom stereocenters. The minimum absolute atomic E-state index is 0.248. The summed E-state index contributed by atoms with van der Waals surface area (Å²) in [5.41, 5.74) is 4.78. The number of carbonyl (C=O) groups is 1. The quantitative estimate of drug-likeness (QED) is 0.428. The number of nitrogens with two attached hydrogens (primary N) is 1. The van der Waals surface area contributed by atoms with Gasteiger partial charge in [-0.2, -0.15) is 0 Å². The summed E-state index contributed by atoms with van der Waals surface area (Å²) >= 11 is 0. The minimum Gasteiger partial charge on any atom is -0.389 e. The van der Waals surface area contributed by atoms with Crippen LogP contribution in [-0.4, -0.2) is 42.4 Å². The van der Waals surface area contributed by atoms with Crippen LogP contribution in [0.15, 0.2) is 0 Å². The van der Waals surface area contributed by atoms with Gasteiger partial charge in [0.05, 0.1) is 12.7 Å². The second kappa shape index (κ2) is 12.0. The molecule has 0 fully saturated rings. The second-order valence-corrected chi connectivity index (χ2v) is 6.40. The van der Waals surface area contributed by atoms with E-state index in [-0.39, 0.29) is 12.3 Å². The van der Waals surface area contributed by atoms with Crippen LogP contribution in [0.1, 0.15) is 65.7 Å². The van der Waals surface area contributed by atoms with Crippen LogP contribution >= 0.6 is 0 Å². The zero-order valence-corrected chi connectivity index (χ0v) is 14.0. The van der Waals surface area contributed by atoms with Crippen LogP contribution in [0.2, 0.25) is 0 Å². The molecule has 0 aromatic heterocycles. The van der Waals surface area contributed by atoms with E-state index in [1.54, 1.807) is 0 Å². The van der Waals surface area contributed by atoms with Crippen molar-refractivity contribution in [3.63, 3.8) is 0 Å².